The first-order valence-corrected chi connectivity index (χ1v) is 21.7. The zero-order valence-corrected chi connectivity index (χ0v) is 36.5. The Morgan fingerprint density at radius 3 is 1.44 bits per heavy atom. The molecular weight excluding hydrogens is 797 g/mol. The second-order valence-corrected chi connectivity index (χ2v) is 16.9. The Bertz CT molecular complexity index is 2580. The van der Waals surface area contributed by atoms with Gasteiger partial charge in [0.1, 0.15) is 11.6 Å². The summed E-state index contributed by atoms with van der Waals surface area (Å²) >= 11 is 0. The molecule has 8 heterocycles. The molecular formula is C48H56N10O5. The van der Waals surface area contributed by atoms with Crippen LogP contribution in [0.15, 0.2) is 97.6 Å². The van der Waals surface area contributed by atoms with Crippen LogP contribution in [0.2, 0.25) is 0 Å². The molecule has 4 aliphatic rings. The molecule has 0 radical (unpaired) electrons. The van der Waals surface area contributed by atoms with E-state index in [2.05, 4.69) is 25.1 Å². The van der Waals surface area contributed by atoms with Crippen molar-refractivity contribution in [3.63, 3.8) is 0 Å². The number of fused-ring (bicyclic) bond motifs is 2. The maximum atomic E-state index is 13.0. The number of piperazine rings is 2. The number of carbonyl (C=O) groups is 4. The van der Waals surface area contributed by atoms with Crippen molar-refractivity contribution in [2.45, 2.75) is 39.8 Å². The van der Waals surface area contributed by atoms with Crippen LogP contribution >= 0.6 is 0 Å². The van der Waals surface area contributed by atoms with E-state index >= 15 is 0 Å². The quantitative estimate of drug-likeness (QED) is 0.246. The molecule has 0 bridgehead atoms. The van der Waals surface area contributed by atoms with E-state index in [1.54, 1.807) is 32.0 Å². The second kappa shape index (κ2) is 18.9. The number of carbonyl (C=O) groups excluding carboxylic acids is 3. The SMILES string of the molecule is CC(=O)N1CCN(C2CN(C(=O)c3ccc4c(ccn4-c4ccc(C)cn4)c3)C2)CC1.CC(=O)N1CCN(C2CNC2)CC1.Cc1ccc(-n2ccc3cc(C(=O)O)ccc32)nc1. The molecule has 3 amide bonds. The predicted octanol–water partition coefficient (Wildman–Crippen LogP) is 4.48. The molecule has 2 N–H and O–H groups in total. The molecule has 15 heteroatoms. The third-order valence-electron chi connectivity index (χ3n) is 12.6. The van der Waals surface area contributed by atoms with Crippen LogP contribution in [0.4, 0.5) is 0 Å². The van der Waals surface area contributed by atoms with Gasteiger partial charge in [0, 0.05) is 146 Å². The van der Waals surface area contributed by atoms with Crippen molar-refractivity contribution in [2.24, 2.45) is 0 Å². The highest BCUT2D eigenvalue weighted by Crippen LogP contribution is 2.25. The number of hydrogen-bond donors (Lipinski definition) is 2. The number of aryl methyl sites for hydroxylation is 2. The Hall–Kier alpha value is -6.42. The Morgan fingerprint density at radius 1 is 0.571 bits per heavy atom. The molecule has 15 nitrogen and oxygen atoms in total. The molecule has 2 aromatic carbocycles. The van der Waals surface area contributed by atoms with Gasteiger partial charge >= 0.3 is 5.97 Å². The molecule has 328 valence electrons. The number of nitrogens with one attached hydrogen (secondary N) is 1. The zero-order valence-electron chi connectivity index (χ0n) is 36.5. The Labute approximate surface area is 367 Å². The molecule has 63 heavy (non-hydrogen) atoms. The van der Waals surface area contributed by atoms with Gasteiger partial charge in [-0.25, -0.2) is 14.8 Å². The maximum absolute atomic E-state index is 13.0. The van der Waals surface area contributed by atoms with Crippen molar-refractivity contribution < 1.29 is 24.3 Å². The summed E-state index contributed by atoms with van der Waals surface area (Å²) < 4.78 is 3.99. The van der Waals surface area contributed by atoms with Gasteiger partial charge in [-0.1, -0.05) is 12.1 Å². The molecule has 10 rings (SSSR count). The summed E-state index contributed by atoms with van der Waals surface area (Å²) in [6, 6.07) is 24.0. The van der Waals surface area contributed by atoms with Gasteiger partial charge in [0.05, 0.1) is 16.6 Å². The van der Waals surface area contributed by atoms with E-state index in [0.29, 0.717) is 11.6 Å². The number of amides is 3. The number of carboxylic acids is 1. The highest BCUT2D eigenvalue weighted by Gasteiger charge is 2.37. The molecule has 6 aromatic rings. The molecule has 0 spiro atoms. The van der Waals surface area contributed by atoms with Crippen molar-refractivity contribution >= 4 is 45.5 Å². The fourth-order valence-electron chi connectivity index (χ4n) is 8.53. The monoisotopic (exact) mass is 852 g/mol. The fourth-order valence-corrected chi connectivity index (χ4v) is 8.53. The average molecular weight is 853 g/mol. The Morgan fingerprint density at radius 2 is 1.03 bits per heavy atom. The van der Waals surface area contributed by atoms with E-state index < -0.39 is 5.97 Å². The second-order valence-electron chi connectivity index (χ2n) is 16.9. The van der Waals surface area contributed by atoms with Gasteiger partial charge < -0.3 is 34.3 Å². The summed E-state index contributed by atoms with van der Waals surface area (Å²) in [5.74, 6) is 1.22. The third-order valence-corrected chi connectivity index (χ3v) is 12.6. The number of nitrogens with zero attached hydrogens (tertiary/aromatic N) is 9. The van der Waals surface area contributed by atoms with Crippen LogP contribution in [0.3, 0.4) is 0 Å². The van der Waals surface area contributed by atoms with Gasteiger partial charge in [-0.3, -0.25) is 24.2 Å². The lowest BCUT2D eigenvalue weighted by molar-refractivity contribution is -0.132. The molecule has 4 aliphatic heterocycles. The van der Waals surface area contributed by atoms with E-state index in [1.165, 1.54) is 0 Å². The molecule has 0 saturated carbocycles. The number of benzene rings is 2. The number of pyridine rings is 2. The first-order chi connectivity index (χ1) is 30.4. The van der Waals surface area contributed by atoms with E-state index in [0.717, 1.165) is 135 Å². The van der Waals surface area contributed by atoms with Crippen LogP contribution in [0.25, 0.3) is 33.4 Å². The van der Waals surface area contributed by atoms with Gasteiger partial charge in [-0.2, -0.15) is 0 Å². The number of hydrogen-bond acceptors (Lipinski definition) is 9. The fraction of sp³-hybridized carbons (Fsp3) is 0.375. The van der Waals surface area contributed by atoms with Crippen LogP contribution in [0.1, 0.15) is 45.7 Å². The van der Waals surface area contributed by atoms with Crippen LogP contribution in [0.5, 0.6) is 0 Å². The molecule has 0 aliphatic carbocycles. The summed E-state index contributed by atoms with van der Waals surface area (Å²) in [6.07, 6.45) is 7.57. The molecule has 4 aromatic heterocycles. The highest BCUT2D eigenvalue weighted by molar-refractivity contribution is 5.99. The topological polar surface area (TPSA) is 152 Å². The predicted molar refractivity (Wildman–Crippen MR) is 243 cm³/mol. The summed E-state index contributed by atoms with van der Waals surface area (Å²) in [6.45, 7) is 18.3. The minimum absolute atomic E-state index is 0.0849. The van der Waals surface area contributed by atoms with Crippen LogP contribution in [-0.4, -0.2) is 163 Å². The molecule has 4 saturated heterocycles. The van der Waals surface area contributed by atoms with Gasteiger partial charge in [-0.15, -0.1) is 0 Å². The van der Waals surface area contributed by atoms with Gasteiger partial charge in [0.15, 0.2) is 0 Å². The number of aromatic nitrogens is 4. The van der Waals surface area contributed by atoms with Crippen molar-refractivity contribution in [2.75, 3.05) is 78.5 Å². The Kier molecular flexibility index (Phi) is 13.0. The number of carboxylic acid groups (broad SMARTS) is 1. The van der Waals surface area contributed by atoms with E-state index in [1.807, 2.05) is 117 Å². The number of aromatic carboxylic acids is 1. The minimum Gasteiger partial charge on any atom is -0.478 e. The van der Waals surface area contributed by atoms with E-state index in [4.69, 9.17) is 5.11 Å². The minimum atomic E-state index is -0.914. The van der Waals surface area contributed by atoms with Crippen molar-refractivity contribution in [1.29, 1.82) is 0 Å². The van der Waals surface area contributed by atoms with Gasteiger partial charge in [-0.05, 0) is 85.6 Å². The molecule has 0 atom stereocenters. The lowest BCUT2D eigenvalue weighted by atomic mass is 10.0. The standard InChI is InChI=1S/C24H27N5O2.C15H12N2O2.C9H17N3O/c1-17-3-6-23(25-14-17)29-8-7-19-13-20(4-5-22(19)29)24(31)28-15-21(16-28)27-11-9-26(10-12-27)18(2)30;1-10-2-5-14(16-9-10)17-7-6-11-8-12(15(18)19)3-4-13(11)17;1-8(13)11-2-4-12(5-3-11)9-6-10-7-9/h3-8,13-14,21H,9-12,15-16H2,1-2H3;2-9H,1H3,(H,18,19);9-10H,2-7H2,1H3. The highest BCUT2D eigenvalue weighted by atomic mass is 16.4. The summed E-state index contributed by atoms with van der Waals surface area (Å²) in [5, 5.41) is 14.2. The van der Waals surface area contributed by atoms with Gasteiger partial charge in [0.25, 0.3) is 5.91 Å². The van der Waals surface area contributed by atoms with Crippen LogP contribution in [-0.2, 0) is 9.59 Å². The lowest BCUT2D eigenvalue weighted by Gasteiger charge is -2.48. The van der Waals surface area contributed by atoms with Crippen molar-refractivity contribution in [3.05, 3.63) is 120 Å². The van der Waals surface area contributed by atoms with Crippen LogP contribution < -0.4 is 5.32 Å². The van der Waals surface area contributed by atoms with Gasteiger partial charge in [0.2, 0.25) is 11.8 Å². The Balaban J connectivity index is 0.000000144. The first kappa shape index (κ1) is 43.2. The van der Waals surface area contributed by atoms with E-state index in [-0.39, 0.29) is 17.7 Å². The number of rotatable bonds is 6. The molecule has 4 fully saturated rings. The van der Waals surface area contributed by atoms with Crippen molar-refractivity contribution in [1.82, 2.24) is 48.9 Å². The maximum Gasteiger partial charge on any atom is 0.335 e. The third kappa shape index (κ3) is 9.80. The summed E-state index contributed by atoms with van der Waals surface area (Å²) in [4.78, 5) is 66.0. The largest absolute Gasteiger partial charge is 0.478 e. The first-order valence-electron chi connectivity index (χ1n) is 21.7. The normalized spacial score (nSPS) is 17.3. The zero-order chi connectivity index (χ0) is 44.2. The number of likely N-dealkylation sites (tertiary alicyclic amines) is 1. The average Bonchev–Trinajstić information content (AvgIpc) is 3.88. The lowest BCUT2D eigenvalue weighted by Crippen LogP contribution is -2.64. The molecule has 0 unspecified atom stereocenters. The van der Waals surface area contributed by atoms with E-state index in [9.17, 15) is 19.2 Å². The van der Waals surface area contributed by atoms with Crippen molar-refractivity contribution in [3.8, 4) is 11.6 Å². The summed E-state index contributed by atoms with van der Waals surface area (Å²) in [7, 11) is 0. The smallest absolute Gasteiger partial charge is 0.335 e. The summed E-state index contributed by atoms with van der Waals surface area (Å²) in [5.41, 5.74) is 5.23. The van der Waals surface area contributed by atoms with Crippen LogP contribution in [0, 0.1) is 13.8 Å².